The molecule has 0 aromatic rings. The molecule has 5 nitrogen and oxygen atoms in total. The number of carbonyl (C=O) groups excluding carboxylic acids is 1. The fourth-order valence-corrected chi connectivity index (χ4v) is 3.18. The molecule has 2 aliphatic heterocycles. The Bertz CT molecular complexity index is 296. The average molecular weight is 297 g/mol. The molecule has 1 amide bonds. The monoisotopic (exact) mass is 297 g/mol. The second kappa shape index (κ2) is 9.38. The first-order valence-electron chi connectivity index (χ1n) is 8.61. The molecule has 21 heavy (non-hydrogen) atoms. The van der Waals surface area contributed by atoms with Crippen LogP contribution in [-0.4, -0.2) is 67.7 Å². The van der Waals surface area contributed by atoms with E-state index in [2.05, 4.69) is 9.80 Å². The van der Waals surface area contributed by atoms with E-state index in [1.54, 1.807) is 0 Å². The first kappa shape index (κ1) is 16.7. The largest absolute Gasteiger partial charge is 0.378 e. The number of piperidine rings is 1. The number of ether oxygens (including phenoxy) is 1. The summed E-state index contributed by atoms with van der Waals surface area (Å²) < 4.78 is 5.81. The van der Waals surface area contributed by atoms with Crippen LogP contribution in [0.2, 0.25) is 0 Å². The molecule has 2 saturated heterocycles. The van der Waals surface area contributed by atoms with Gasteiger partial charge in [0.15, 0.2) is 0 Å². The third-order valence-electron chi connectivity index (χ3n) is 4.55. The minimum absolute atomic E-state index is 0.319. The molecule has 2 rings (SSSR count). The highest BCUT2D eigenvalue weighted by Crippen LogP contribution is 2.15. The van der Waals surface area contributed by atoms with Crippen molar-refractivity contribution in [2.24, 2.45) is 5.73 Å². The van der Waals surface area contributed by atoms with E-state index in [0.29, 0.717) is 25.1 Å². The highest BCUT2D eigenvalue weighted by Gasteiger charge is 2.23. The van der Waals surface area contributed by atoms with E-state index in [-0.39, 0.29) is 0 Å². The van der Waals surface area contributed by atoms with Crippen LogP contribution in [0.4, 0.5) is 0 Å². The molecular formula is C16H31N3O2. The fraction of sp³-hybridized carbons (Fsp3) is 0.938. The van der Waals surface area contributed by atoms with E-state index >= 15 is 0 Å². The Hall–Kier alpha value is -0.650. The van der Waals surface area contributed by atoms with Crippen molar-refractivity contribution >= 4 is 5.91 Å². The minimum Gasteiger partial charge on any atom is -0.378 e. The van der Waals surface area contributed by atoms with E-state index in [0.717, 1.165) is 52.0 Å². The quantitative estimate of drug-likeness (QED) is 0.749. The number of likely N-dealkylation sites (tertiary alicyclic amines) is 2. The van der Waals surface area contributed by atoms with Gasteiger partial charge in [-0.15, -0.1) is 0 Å². The number of hydrogen-bond donors (Lipinski definition) is 1. The van der Waals surface area contributed by atoms with Gasteiger partial charge in [-0.3, -0.25) is 9.69 Å². The Morgan fingerprint density at radius 2 is 1.71 bits per heavy atom. The first-order valence-corrected chi connectivity index (χ1v) is 8.61. The number of rotatable bonds is 6. The van der Waals surface area contributed by atoms with Crippen LogP contribution in [0.25, 0.3) is 0 Å². The second-order valence-corrected chi connectivity index (χ2v) is 6.28. The molecule has 122 valence electrons. The third kappa shape index (κ3) is 5.93. The Morgan fingerprint density at radius 1 is 1.05 bits per heavy atom. The van der Waals surface area contributed by atoms with Gasteiger partial charge in [0.2, 0.25) is 5.91 Å². The Kier molecular flexibility index (Phi) is 7.47. The summed E-state index contributed by atoms with van der Waals surface area (Å²) in [6.45, 7) is 5.93. The lowest BCUT2D eigenvalue weighted by atomic mass is 10.1. The zero-order chi connectivity index (χ0) is 14.9. The molecule has 0 radical (unpaired) electrons. The number of amides is 1. The van der Waals surface area contributed by atoms with E-state index in [1.807, 2.05) is 0 Å². The van der Waals surface area contributed by atoms with Gasteiger partial charge in [-0.05, 0) is 38.6 Å². The highest BCUT2D eigenvalue weighted by atomic mass is 16.5. The number of nitrogens with two attached hydrogens (primary N) is 1. The first-order chi connectivity index (χ1) is 10.3. The van der Waals surface area contributed by atoms with Crippen LogP contribution >= 0.6 is 0 Å². The third-order valence-corrected chi connectivity index (χ3v) is 4.55. The van der Waals surface area contributed by atoms with E-state index in [4.69, 9.17) is 10.5 Å². The van der Waals surface area contributed by atoms with Gasteiger partial charge in [-0.2, -0.15) is 0 Å². The van der Waals surface area contributed by atoms with Crippen LogP contribution in [-0.2, 0) is 9.53 Å². The summed E-state index contributed by atoms with van der Waals surface area (Å²) in [5, 5.41) is 0. The highest BCUT2D eigenvalue weighted by molar-refractivity contribution is 5.78. The van der Waals surface area contributed by atoms with Gasteiger partial charge >= 0.3 is 0 Å². The summed E-state index contributed by atoms with van der Waals surface area (Å²) in [4.78, 5) is 16.7. The molecule has 0 aromatic carbocycles. The topological polar surface area (TPSA) is 58.8 Å². The van der Waals surface area contributed by atoms with Gasteiger partial charge in [-0.25, -0.2) is 0 Å². The molecular weight excluding hydrogens is 266 g/mol. The molecule has 0 saturated carbocycles. The molecule has 0 atom stereocenters. The van der Waals surface area contributed by atoms with Crippen LogP contribution in [0.1, 0.15) is 44.9 Å². The van der Waals surface area contributed by atoms with Crippen LogP contribution in [0.15, 0.2) is 0 Å². The van der Waals surface area contributed by atoms with Crippen molar-refractivity contribution in [3.05, 3.63) is 0 Å². The Balaban J connectivity index is 1.64. The Labute approximate surface area is 128 Å². The molecule has 0 bridgehead atoms. The maximum absolute atomic E-state index is 12.4. The van der Waals surface area contributed by atoms with Crippen molar-refractivity contribution in [1.29, 1.82) is 0 Å². The summed E-state index contributed by atoms with van der Waals surface area (Å²) in [6.07, 6.45) is 8.26. The molecule has 5 heteroatoms. The number of hydrogen-bond acceptors (Lipinski definition) is 4. The lowest BCUT2D eigenvalue weighted by molar-refractivity contribution is -0.133. The van der Waals surface area contributed by atoms with Crippen molar-refractivity contribution in [3.63, 3.8) is 0 Å². The fourth-order valence-electron chi connectivity index (χ4n) is 3.18. The molecule has 2 heterocycles. The van der Waals surface area contributed by atoms with Gasteiger partial charge in [0.25, 0.3) is 0 Å². The summed E-state index contributed by atoms with van der Waals surface area (Å²) in [7, 11) is 0. The molecule has 0 unspecified atom stereocenters. The van der Waals surface area contributed by atoms with E-state index in [9.17, 15) is 4.79 Å². The van der Waals surface area contributed by atoms with Crippen LogP contribution in [0, 0.1) is 0 Å². The van der Waals surface area contributed by atoms with Crippen molar-refractivity contribution in [1.82, 2.24) is 9.80 Å². The lowest BCUT2D eigenvalue weighted by Crippen LogP contribution is -2.45. The summed E-state index contributed by atoms with van der Waals surface area (Å²) >= 11 is 0. The zero-order valence-electron chi connectivity index (χ0n) is 13.3. The SMILES string of the molecule is NCCCOC1CCN(CC(=O)N2CCCCCC2)CC1. The molecule has 0 aromatic heterocycles. The van der Waals surface area contributed by atoms with Crippen molar-refractivity contribution in [2.45, 2.75) is 51.0 Å². The molecule has 2 N–H and O–H groups in total. The van der Waals surface area contributed by atoms with Gasteiger partial charge in [0.05, 0.1) is 12.6 Å². The standard InChI is InChI=1S/C16H31N3O2/c17-8-5-13-21-15-6-11-18(12-7-15)14-16(20)19-9-3-1-2-4-10-19/h15H,1-14,17H2. The zero-order valence-corrected chi connectivity index (χ0v) is 13.3. The van der Waals surface area contributed by atoms with Crippen molar-refractivity contribution < 1.29 is 9.53 Å². The van der Waals surface area contributed by atoms with Crippen LogP contribution < -0.4 is 5.73 Å². The maximum Gasteiger partial charge on any atom is 0.236 e. The number of nitrogens with zero attached hydrogens (tertiary/aromatic N) is 2. The van der Waals surface area contributed by atoms with Gasteiger partial charge in [-0.1, -0.05) is 12.8 Å². The summed E-state index contributed by atoms with van der Waals surface area (Å²) in [6, 6.07) is 0. The average Bonchev–Trinajstić information content (AvgIpc) is 2.78. The van der Waals surface area contributed by atoms with E-state index in [1.165, 1.54) is 25.7 Å². The summed E-state index contributed by atoms with van der Waals surface area (Å²) in [5.74, 6) is 0.319. The summed E-state index contributed by atoms with van der Waals surface area (Å²) in [5.41, 5.74) is 5.47. The van der Waals surface area contributed by atoms with Crippen molar-refractivity contribution in [3.8, 4) is 0 Å². The minimum atomic E-state index is 0.319. The molecule has 2 aliphatic rings. The van der Waals surface area contributed by atoms with Gasteiger partial charge in [0.1, 0.15) is 0 Å². The second-order valence-electron chi connectivity index (χ2n) is 6.28. The molecule has 0 aliphatic carbocycles. The van der Waals surface area contributed by atoms with Crippen LogP contribution in [0.5, 0.6) is 0 Å². The predicted molar refractivity (Wildman–Crippen MR) is 84.1 cm³/mol. The number of carbonyl (C=O) groups is 1. The van der Waals surface area contributed by atoms with Gasteiger partial charge < -0.3 is 15.4 Å². The maximum atomic E-state index is 12.4. The van der Waals surface area contributed by atoms with E-state index < -0.39 is 0 Å². The smallest absolute Gasteiger partial charge is 0.236 e. The Morgan fingerprint density at radius 3 is 2.33 bits per heavy atom. The van der Waals surface area contributed by atoms with Gasteiger partial charge in [0, 0.05) is 32.8 Å². The normalized spacial score (nSPS) is 22.2. The molecule has 2 fully saturated rings. The van der Waals surface area contributed by atoms with Crippen LogP contribution in [0.3, 0.4) is 0 Å². The lowest BCUT2D eigenvalue weighted by Gasteiger charge is -2.33. The predicted octanol–water partition coefficient (Wildman–Crippen LogP) is 1.22. The van der Waals surface area contributed by atoms with Crippen molar-refractivity contribution in [2.75, 3.05) is 45.9 Å². The molecule has 0 spiro atoms.